The van der Waals surface area contributed by atoms with Crippen molar-refractivity contribution in [3.8, 4) is 11.3 Å². The maximum absolute atomic E-state index is 11.2. The lowest BCUT2D eigenvalue weighted by atomic mass is 10.0. The van der Waals surface area contributed by atoms with Crippen molar-refractivity contribution >= 4 is 22.5 Å². The Balaban J connectivity index is 1.91. The van der Waals surface area contributed by atoms with Crippen molar-refractivity contribution < 1.29 is 9.53 Å². The third-order valence-electron chi connectivity index (χ3n) is 4.10. The molecular weight excluding hydrogens is 326 g/mol. The number of benzene rings is 2. The molecule has 3 rings (SSSR count). The van der Waals surface area contributed by atoms with Crippen LogP contribution in [0.4, 0.5) is 5.69 Å². The van der Waals surface area contributed by atoms with Crippen molar-refractivity contribution in [1.29, 1.82) is 0 Å². The van der Waals surface area contributed by atoms with Crippen LogP contribution < -0.4 is 10.6 Å². The first-order valence-electron chi connectivity index (χ1n) is 8.63. The van der Waals surface area contributed by atoms with Gasteiger partial charge in [0.15, 0.2) is 0 Å². The van der Waals surface area contributed by atoms with E-state index in [0.29, 0.717) is 6.61 Å². The molecule has 2 aromatic carbocycles. The molecule has 0 saturated heterocycles. The van der Waals surface area contributed by atoms with Crippen molar-refractivity contribution in [1.82, 2.24) is 10.3 Å². The van der Waals surface area contributed by atoms with E-state index in [9.17, 15) is 4.79 Å². The zero-order chi connectivity index (χ0) is 18.4. The second kappa shape index (κ2) is 8.56. The molecule has 0 radical (unpaired) electrons. The molecule has 5 nitrogen and oxygen atoms in total. The van der Waals surface area contributed by atoms with Gasteiger partial charge in [-0.3, -0.25) is 4.79 Å². The largest absolute Gasteiger partial charge is 0.383 e. The standard InChI is InChI=1S/C21H23N3O2/c1-15(25)23-18-9-7-16(8-10-18)21-13-17(14-22-11-12-26-2)19-5-3-4-6-20(19)24-21/h3-10,13,22H,11-12,14H2,1-2H3,(H,23,25). The van der Waals surface area contributed by atoms with Crippen molar-refractivity contribution in [2.75, 3.05) is 25.6 Å². The van der Waals surface area contributed by atoms with E-state index in [2.05, 4.69) is 22.8 Å². The Morgan fingerprint density at radius 2 is 1.88 bits per heavy atom. The Labute approximate surface area is 153 Å². The summed E-state index contributed by atoms with van der Waals surface area (Å²) in [7, 11) is 1.70. The highest BCUT2D eigenvalue weighted by Crippen LogP contribution is 2.26. The SMILES string of the molecule is COCCNCc1cc(-c2ccc(NC(C)=O)cc2)nc2ccccc12. The lowest BCUT2D eigenvalue weighted by Crippen LogP contribution is -2.18. The van der Waals surface area contributed by atoms with Crippen LogP contribution in [0.15, 0.2) is 54.6 Å². The van der Waals surface area contributed by atoms with E-state index in [0.717, 1.165) is 40.9 Å². The normalized spacial score (nSPS) is 10.8. The Morgan fingerprint density at radius 1 is 1.12 bits per heavy atom. The molecule has 0 atom stereocenters. The van der Waals surface area contributed by atoms with Crippen LogP contribution in [0.5, 0.6) is 0 Å². The molecule has 0 aliphatic rings. The van der Waals surface area contributed by atoms with Gasteiger partial charge in [-0.2, -0.15) is 0 Å². The second-order valence-electron chi connectivity index (χ2n) is 6.11. The summed E-state index contributed by atoms with van der Waals surface area (Å²) in [5.41, 5.74) is 4.89. The summed E-state index contributed by atoms with van der Waals surface area (Å²) in [5.74, 6) is -0.0778. The minimum absolute atomic E-state index is 0.0778. The molecule has 0 aliphatic heterocycles. The van der Waals surface area contributed by atoms with Crippen LogP contribution in [-0.2, 0) is 16.1 Å². The smallest absolute Gasteiger partial charge is 0.221 e. The van der Waals surface area contributed by atoms with Gasteiger partial charge in [-0.25, -0.2) is 4.98 Å². The summed E-state index contributed by atoms with van der Waals surface area (Å²) in [5, 5.41) is 7.34. The number of para-hydroxylation sites is 1. The number of methoxy groups -OCH3 is 1. The molecule has 5 heteroatoms. The molecule has 134 valence electrons. The summed E-state index contributed by atoms with van der Waals surface area (Å²) in [6.07, 6.45) is 0. The average Bonchev–Trinajstić information content (AvgIpc) is 2.65. The number of pyridine rings is 1. The number of amides is 1. The fourth-order valence-electron chi connectivity index (χ4n) is 2.87. The zero-order valence-electron chi connectivity index (χ0n) is 15.1. The number of aromatic nitrogens is 1. The number of fused-ring (bicyclic) bond motifs is 1. The molecule has 2 N–H and O–H groups in total. The Bertz CT molecular complexity index is 891. The van der Waals surface area contributed by atoms with Crippen LogP contribution in [0.1, 0.15) is 12.5 Å². The summed E-state index contributed by atoms with van der Waals surface area (Å²) >= 11 is 0. The van der Waals surface area contributed by atoms with Crippen molar-refractivity contribution in [3.05, 3.63) is 60.2 Å². The average molecular weight is 349 g/mol. The maximum atomic E-state index is 11.2. The molecule has 0 aliphatic carbocycles. The molecule has 3 aromatic rings. The number of carbonyl (C=O) groups is 1. The Morgan fingerprint density at radius 3 is 2.62 bits per heavy atom. The molecule has 26 heavy (non-hydrogen) atoms. The second-order valence-corrected chi connectivity index (χ2v) is 6.11. The number of hydrogen-bond donors (Lipinski definition) is 2. The van der Waals surface area contributed by atoms with Gasteiger partial charge in [-0.15, -0.1) is 0 Å². The van der Waals surface area contributed by atoms with Crippen LogP contribution in [0.2, 0.25) is 0 Å². The predicted molar refractivity (Wildman–Crippen MR) is 105 cm³/mol. The van der Waals surface area contributed by atoms with Crippen LogP contribution in [0.3, 0.4) is 0 Å². The third-order valence-corrected chi connectivity index (χ3v) is 4.10. The Kier molecular flexibility index (Phi) is 5.94. The monoisotopic (exact) mass is 349 g/mol. The Hall–Kier alpha value is -2.76. The molecule has 1 amide bonds. The van der Waals surface area contributed by atoms with Crippen LogP contribution >= 0.6 is 0 Å². The minimum Gasteiger partial charge on any atom is -0.383 e. The van der Waals surface area contributed by atoms with E-state index in [1.165, 1.54) is 12.5 Å². The number of nitrogens with zero attached hydrogens (tertiary/aromatic N) is 1. The molecule has 0 unspecified atom stereocenters. The highest BCUT2D eigenvalue weighted by molar-refractivity contribution is 5.89. The number of carbonyl (C=O) groups excluding carboxylic acids is 1. The molecule has 0 spiro atoms. The van der Waals surface area contributed by atoms with E-state index < -0.39 is 0 Å². The van der Waals surface area contributed by atoms with Crippen LogP contribution in [0.25, 0.3) is 22.2 Å². The summed E-state index contributed by atoms with van der Waals surface area (Å²) in [6.45, 7) is 3.74. The van der Waals surface area contributed by atoms with Crippen molar-refractivity contribution in [2.24, 2.45) is 0 Å². The molecule has 1 heterocycles. The number of ether oxygens (including phenoxy) is 1. The number of rotatable bonds is 7. The highest BCUT2D eigenvalue weighted by atomic mass is 16.5. The quantitative estimate of drug-likeness (QED) is 0.640. The van der Waals surface area contributed by atoms with Crippen molar-refractivity contribution in [3.63, 3.8) is 0 Å². The molecule has 0 bridgehead atoms. The van der Waals surface area contributed by atoms with E-state index in [1.54, 1.807) is 7.11 Å². The number of nitrogens with one attached hydrogen (secondary N) is 2. The summed E-state index contributed by atoms with van der Waals surface area (Å²) < 4.78 is 5.09. The fourth-order valence-corrected chi connectivity index (χ4v) is 2.87. The van der Waals surface area contributed by atoms with Gasteiger partial charge >= 0.3 is 0 Å². The predicted octanol–water partition coefficient (Wildman–Crippen LogP) is 3.60. The van der Waals surface area contributed by atoms with Gasteiger partial charge in [0.25, 0.3) is 0 Å². The topological polar surface area (TPSA) is 63.2 Å². The zero-order valence-corrected chi connectivity index (χ0v) is 15.1. The van der Waals surface area contributed by atoms with Crippen LogP contribution in [0, 0.1) is 0 Å². The van der Waals surface area contributed by atoms with E-state index in [-0.39, 0.29) is 5.91 Å². The number of hydrogen-bond acceptors (Lipinski definition) is 4. The van der Waals surface area contributed by atoms with Gasteiger partial charge in [-0.05, 0) is 29.8 Å². The summed E-state index contributed by atoms with van der Waals surface area (Å²) in [4.78, 5) is 16.0. The molecule has 0 saturated carbocycles. The van der Waals surface area contributed by atoms with E-state index >= 15 is 0 Å². The van der Waals surface area contributed by atoms with E-state index in [4.69, 9.17) is 9.72 Å². The van der Waals surface area contributed by atoms with Crippen LogP contribution in [-0.4, -0.2) is 31.2 Å². The lowest BCUT2D eigenvalue weighted by molar-refractivity contribution is -0.114. The first-order chi connectivity index (χ1) is 12.7. The minimum atomic E-state index is -0.0778. The van der Waals surface area contributed by atoms with Gasteiger partial charge in [0.05, 0.1) is 17.8 Å². The van der Waals surface area contributed by atoms with Gasteiger partial charge in [0.2, 0.25) is 5.91 Å². The van der Waals surface area contributed by atoms with Crippen molar-refractivity contribution in [2.45, 2.75) is 13.5 Å². The first kappa shape index (κ1) is 18.0. The number of anilines is 1. The van der Waals surface area contributed by atoms with E-state index in [1.807, 2.05) is 42.5 Å². The fraction of sp³-hybridized carbons (Fsp3) is 0.238. The molecular formula is C21H23N3O2. The lowest BCUT2D eigenvalue weighted by Gasteiger charge is -2.11. The molecule has 1 aromatic heterocycles. The first-order valence-corrected chi connectivity index (χ1v) is 8.63. The van der Waals surface area contributed by atoms with Gasteiger partial charge in [0, 0.05) is 43.8 Å². The van der Waals surface area contributed by atoms with Gasteiger partial charge < -0.3 is 15.4 Å². The third kappa shape index (κ3) is 4.45. The highest BCUT2D eigenvalue weighted by Gasteiger charge is 2.08. The van der Waals surface area contributed by atoms with Gasteiger partial charge in [0.1, 0.15) is 0 Å². The molecule has 0 fully saturated rings. The summed E-state index contributed by atoms with van der Waals surface area (Å²) in [6, 6.07) is 18.0. The maximum Gasteiger partial charge on any atom is 0.221 e. The van der Waals surface area contributed by atoms with Gasteiger partial charge in [-0.1, -0.05) is 30.3 Å².